The molecule has 2 heteroatoms. The lowest BCUT2D eigenvalue weighted by Crippen LogP contribution is -2.16. The molecule has 0 bridgehead atoms. The first-order valence-corrected chi connectivity index (χ1v) is 5.83. The van der Waals surface area contributed by atoms with Crippen LogP contribution in [-0.4, -0.2) is 11.2 Å². The van der Waals surface area contributed by atoms with Crippen molar-refractivity contribution in [2.45, 2.75) is 46.1 Å². The Morgan fingerprint density at radius 2 is 2.15 bits per heavy atom. The average molecular weight is 198 g/mol. The van der Waals surface area contributed by atoms with Crippen molar-refractivity contribution in [2.75, 3.05) is 0 Å². The summed E-state index contributed by atoms with van der Waals surface area (Å²) in [6.07, 6.45) is 2.82. The van der Waals surface area contributed by atoms with E-state index in [0.29, 0.717) is 0 Å². The van der Waals surface area contributed by atoms with Crippen molar-refractivity contribution in [3.63, 3.8) is 0 Å². The van der Waals surface area contributed by atoms with E-state index in [1.165, 1.54) is 15.3 Å². The minimum atomic E-state index is -0.0866. The lowest BCUT2D eigenvalue weighted by molar-refractivity contribution is 0.159. The maximum Gasteiger partial charge on any atom is 0.0584 e. The third kappa shape index (κ3) is 2.55. The Kier molecular flexibility index (Phi) is 3.94. The Morgan fingerprint density at radius 1 is 1.46 bits per heavy atom. The second-order valence-corrected chi connectivity index (χ2v) is 4.54. The molecule has 0 aromatic carbocycles. The maximum atomic E-state index is 9.37. The van der Waals surface area contributed by atoms with Gasteiger partial charge in [0, 0.05) is 9.75 Å². The first kappa shape index (κ1) is 10.7. The van der Waals surface area contributed by atoms with Crippen molar-refractivity contribution in [3.05, 3.63) is 21.4 Å². The van der Waals surface area contributed by atoms with Crippen molar-refractivity contribution in [1.82, 2.24) is 0 Å². The summed E-state index contributed by atoms with van der Waals surface area (Å²) in [6, 6.07) is 2.21. The Hall–Kier alpha value is -0.340. The minimum absolute atomic E-state index is 0.0866. The van der Waals surface area contributed by atoms with Gasteiger partial charge in [-0.25, -0.2) is 0 Å². The van der Waals surface area contributed by atoms with Crippen molar-refractivity contribution in [2.24, 2.45) is 0 Å². The molecule has 0 spiro atoms. The van der Waals surface area contributed by atoms with Crippen LogP contribution in [-0.2, 0) is 12.8 Å². The molecule has 1 N–H and O–H groups in total. The molecular weight excluding hydrogens is 180 g/mol. The predicted molar refractivity (Wildman–Crippen MR) is 58.4 cm³/mol. The zero-order valence-corrected chi connectivity index (χ0v) is 9.45. The molecule has 0 saturated carbocycles. The van der Waals surface area contributed by atoms with Gasteiger partial charge in [0.25, 0.3) is 0 Å². The third-order valence-electron chi connectivity index (χ3n) is 2.18. The fourth-order valence-corrected chi connectivity index (χ4v) is 2.74. The van der Waals surface area contributed by atoms with Gasteiger partial charge in [0.15, 0.2) is 0 Å². The number of hydrogen-bond acceptors (Lipinski definition) is 2. The molecule has 0 saturated heterocycles. The molecule has 2 rings (SSSR count). The molecule has 1 aliphatic rings. The molecule has 0 radical (unpaired) electrons. The van der Waals surface area contributed by atoms with Gasteiger partial charge in [-0.2, -0.15) is 0 Å². The Balaban J connectivity index is 0.000000396. The minimum Gasteiger partial charge on any atom is -0.393 e. The van der Waals surface area contributed by atoms with Gasteiger partial charge < -0.3 is 5.11 Å². The average Bonchev–Trinajstić information content (AvgIpc) is 2.48. The van der Waals surface area contributed by atoms with Crippen LogP contribution in [0.2, 0.25) is 0 Å². The summed E-state index contributed by atoms with van der Waals surface area (Å²) in [5.41, 5.74) is 1.38. The monoisotopic (exact) mass is 198 g/mol. The van der Waals surface area contributed by atoms with Crippen LogP contribution in [0.15, 0.2) is 6.07 Å². The van der Waals surface area contributed by atoms with E-state index >= 15 is 0 Å². The van der Waals surface area contributed by atoms with Crippen molar-refractivity contribution in [3.8, 4) is 0 Å². The molecule has 1 aliphatic carbocycles. The van der Waals surface area contributed by atoms with Crippen LogP contribution in [0, 0.1) is 6.92 Å². The van der Waals surface area contributed by atoms with Gasteiger partial charge in [0.2, 0.25) is 0 Å². The van der Waals surface area contributed by atoms with E-state index in [1.54, 1.807) is 0 Å². The fraction of sp³-hybridized carbons (Fsp3) is 0.636. The topological polar surface area (TPSA) is 20.2 Å². The number of aliphatic hydroxyl groups excluding tert-OH is 1. The SMILES string of the molecule is CC.Cc1cc2c(s1)CCC(O)C2. The van der Waals surface area contributed by atoms with Crippen LogP contribution in [0.5, 0.6) is 0 Å². The fourth-order valence-electron chi connectivity index (χ4n) is 1.65. The summed E-state index contributed by atoms with van der Waals surface area (Å²) in [5, 5.41) is 9.37. The normalized spacial score (nSPS) is 20.2. The van der Waals surface area contributed by atoms with E-state index in [0.717, 1.165) is 19.3 Å². The van der Waals surface area contributed by atoms with E-state index in [2.05, 4.69) is 13.0 Å². The molecule has 1 aromatic rings. The largest absolute Gasteiger partial charge is 0.393 e. The molecule has 74 valence electrons. The van der Waals surface area contributed by atoms with E-state index in [4.69, 9.17) is 0 Å². The van der Waals surface area contributed by atoms with Crippen molar-refractivity contribution in [1.29, 1.82) is 0 Å². The van der Waals surface area contributed by atoms with Crippen LogP contribution >= 0.6 is 11.3 Å². The Bertz CT molecular complexity index is 265. The van der Waals surface area contributed by atoms with Crippen LogP contribution in [0.4, 0.5) is 0 Å². The highest BCUT2D eigenvalue weighted by molar-refractivity contribution is 7.12. The molecule has 0 amide bonds. The van der Waals surface area contributed by atoms with Crippen molar-refractivity contribution < 1.29 is 5.11 Å². The standard InChI is InChI=1S/C9H12OS.C2H6/c1-6-4-7-5-8(10)2-3-9(7)11-6;1-2/h4,8,10H,2-3,5H2,1H3;1-2H3. The Labute approximate surface area is 84.4 Å². The number of aliphatic hydroxyl groups is 1. The summed E-state index contributed by atoms with van der Waals surface area (Å²) in [7, 11) is 0. The highest BCUT2D eigenvalue weighted by atomic mass is 32.1. The first-order chi connectivity index (χ1) is 6.25. The molecule has 1 unspecified atom stereocenters. The summed E-state index contributed by atoms with van der Waals surface area (Å²) in [4.78, 5) is 2.87. The van der Waals surface area contributed by atoms with E-state index in [-0.39, 0.29) is 6.10 Å². The molecule has 1 heterocycles. The van der Waals surface area contributed by atoms with Gasteiger partial charge in [-0.1, -0.05) is 13.8 Å². The zero-order chi connectivity index (χ0) is 9.84. The van der Waals surface area contributed by atoms with E-state index in [9.17, 15) is 5.11 Å². The summed E-state index contributed by atoms with van der Waals surface area (Å²) < 4.78 is 0. The number of rotatable bonds is 0. The number of thiophene rings is 1. The van der Waals surface area contributed by atoms with Crippen LogP contribution in [0.25, 0.3) is 0 Å². The summed E-state index contributed by atoms with van der Waals surface area (Å²) in [6.45, 7) is 6.13. The zero-order valence-electron chi connectivity index (χ0n) is 8.63. The number of hydrogen-bond donors (Lipinski definition) is 1. The summed E-state index contributed by atoms with van der Waals surface area (Å²) >= 11 is 1.88. The van der Waals surface area contributed by atoms with Crippen molar-refractivity contribution >= 4 is 11.3 Å². The van der Waals surface area contributed by atoms with Crippen LogP contribution < -0.4 is 0 Å². The van der Waals surface area contributed by atoms with Gasteiger partial charge in [0.05, 0.1) is 6.10 Å². The molecule has 1 atom stereocenters. The molecular formula is C11H18OS. The molecule has 1 nitrogen and oxygen atoms in total. The molecule has 0 aliphatic heterocycles. The molecule has 13 heavy (non-hydrogen) atoms. The van der Waals surface area contributed by atoms with Crippen LogP contribution in [0.3, 0.4) is 0 Å². The highest BCUT2D eigenvalue weighted by Crippen LogP contribution is 2.28. The van der Waals surface area contributed by atoms with Gasteiger partial charge in [-0.15, -0.1) is 11.3 Å². The quantitative estimate of drug-likeness (QED) is 0.679. The third-order valence-corrected chi connectivity index (χ3v) is 3.33. The smallest absolute Gasteiger partial charge is 0.0584 e. The number of aryl methyl sites for hydroxylation is 2. The van der Waals surface area contributed by atoms with Gasteiger partial charge in [-0.3, -0.25) is 0 Å². The predicted octanol–water partition coefficient (Wildman–Crippen LogP) is 2.93. The second-order valence-electron chi connectivity index (χ2n) is 3.20. The molecule has 1 aromatic heterocycles. The van der Waals surface area contributed by atoms with Gasteiger partial charge in [0.1, 0.15) is 0 Å². The van der Waals surface area contributed by atoms with Crippen LogP contribution in [0.1, 0.15) is 35.6 Å². The lowest BCUT2D eigenvalue weighted by Gasteiger charge is -2.16. The lowest BCUT2D eigenvalue weighted by atomic mass is 9.97. The second kappa shape index (κ2) is 4.77. The van der Waals surface area contributed by atoms with E-state index in [1.807, 2.05) is 25.2 Å². The van der Waals surface area contributed by atoms with Gasteiger partial charge in [-0.05, 0) is 37.8 Å². The van der Waals surface area contributed by atoms with E-state index < -0.39 is 0 Å². The first-order valence-electron chi connectivity index (χ1n) is 5.02. The molecule has 0 fully saturated rings. The Morgan fingerprint density at radius 3 is 2.85 bits per heavy atom. The summed E-state index contributed by atoms with van der Waals surface area (Å²) in [5.74, 6) is 0. The highest BCUT2D eigenvalue weighted by Gasteiger charge is 2.17. The van der Waals surface area contributed by atoms with Gasteiger partial charge >= 0.3 is 0 Å². The maximum absolute atomic E-state index is 9.37. The number of fused-ring (bicyclic) bond motifs is 1.